The quantitative estimate of drug-likeness (QED) is 0.764. The fraction of sp³-hybridized carbons (Fsp3) is 0.333. The second-order valence-electron chi connectivity index (χ2n) is 2.81. The molecule has 1 rings (SSSR count). The first kappa shape index (κ1) is 9.51. The van der Waals surface area contributed by atoms with Crippen LogP contribution in [0.1, 0.15) is 25.0 Å². The lowest BCUT2D eigenvalue weighted by atomic mass is 10.0. The van der Waals surface area contributed by atoms with E-state index in [2.05, 4.69) is 0 Å². The van der Waals surface area contributed by atoms with Crippen molar-refractivity contribution in [3.8, 4) is 0 Å². The molecule has 1 aromatic rings. The summed E-state index contributed by atoms with van der Waals surface area (Å²) in [4.78, 5) is 21.5. The van der Waals surface area contributed by atoms with E-state index in [1.807, 2.05) is 0 Å². The highest BCUT2D eigenvalue weighted by molar-refractivity contribution is 5.84. The van der Waals surface area contributed by atoms with Crippen LogP contribution in [0.5, 0.6) is 0 Å². The molecule has 0 aliphatic carbocycles. The maximum atomic E-state index is 10.7. The van der Waals surface area contributed by atoms with Crippen molar-refractivity contribution in [2.24, 2.45) is 0 Å². The summed E-state index contributed by atoms with van der Waals surface area (Å²) in [5, 5.41) is 8.78. The molecule has 70 valence electrons. The first-order valence-electron chi connectivity index (χ1n) is 3.87. The number of hydrogen-bond donors (Lipinski definition) is 1. The average molecular weight is 182 g/mol. The van der Waals surface area contributed by atoms with Gasteiger partial charge in [0.1, 0.15) is 17.5 Å². The van der Waals surface area contributed by atoms with Crippen molar-refractivity contribution < 1.29 is 19.1 Å². The van der Waals surface area contributed by atoms with Crippen LogP contribution in [0.25, 0.3) is 0 Å². The molecule has 0 fully saturated rings. The Balaban J connectivity index is 2.81. The SMILES string of the molecule is CC(=O)CC(C(=O)O)c1ccco1. The summed E-state index contributed by atoms with van der Waals surface area (Å²) in [7, 11) is 0. The van der Waals surface area contributed by atoms with Crippen molar-refractivity contribution in [1.82, 2.24) is 0 Å². The molecule has 0 aromatic carbocycles. The Hall–Kier alpha value is -1.58. The van der Waals surface area contributed by atoms with Gasteiger partial charge in [-0.1, -0.05) is 0 Å². The highest BCUT2D eigenvalue weighted by Gasteiger charge is 2.23. The highest BCUT2D eigenvalue weighted by Crippen LogP contribution is 2.20. The molecule has 1 N–H and O–H groups in total. The number of Topliss-reactive ketones (excluding diaryl/α,β-unsaturated/α-hetero) is 1. The minimum atomic E-state index is -1.04. The number of furan rings is 1. The van der Waals surface area contributed by atoms with E-state index in [1.165, 1.54) is 13.2 Å². The van der Waals surface area contributed by atoms with Gasteiger partial charge in [-0.2, -0.15) is 0 Å². The molecule has 4 heteroatoms. The van der Waals surface area contributed by atoms with Crippen LogP contribution < -0.4 is 0 Å². The van der Waals surface area contributed by atoms with E-state index < -0.39 is 11.9 Å². The van der Waals surface area contributed by atoms with Crippen molar-refractivity contribution in [3.63, 3.8) is 0 Å². The number of rotatable bonds is 4. The second kappa shape index (κ2) is 3.89. The minimum Gasteiger partial charge on any atom is -0.481 e. The molecule has 0 bridgehead atoms. The highest BCUT2D eigenvalue weighted by atomic mass is 16.4. The summed E-state index contributed by atoms with van der Waals surface area (Å²) in [5.41, 5.74) is 0. The molecule has 4 nitrogen and oxygen atoms in total. The number of aliphatic carboxylic acids is 1. The zero-order valence-corrected chi connectivity index (χ0v) is 7.19. The van der Waals surface area contributed by atoms with Crippen molar-refractivity contribution in [3.05, 3.63) is 24.2 Å². The first-order chi connectivity index (χ1) is 6.11. The summed E-state index contributed by atoms with van der Waals surface area (Å²) in [6, 6.07) is 3.16. The third-order valence-corrected chi connectivity index (χ3v) is 1.68. The lowest BCUT2D eigenvalue weighted by Gasteiger charge is -2.05. The number of ketones is 1. The predicted molar refractivity (Wildman–Crippen MR) is 44.4 cm³/mol. The molecule has 1 aromatic heterocycles. The summed E-state index contributed by atoms with van der Waals surface area (Å²) < 4.78 is 4.92. The third kappa shape index (κ3) is 2.43. The van der Waals surface area contributed by atoms with Gasteiger partial charge in [-0.05, 0) is 19.1 Å². The van der Waals surface area contributed by atoms with Gasteiger partial charge in [-0.3, -0.25) is 9.59 Å². The summed E-state index contributed by atoms with van der Waals surface area (Å²) in [6.45, 7) is 1.36. The van der Waals surface area contributed by atoms with E-state index in [0.29, 0.717) is 5.76 Å². The lowest BCUT2D eigenvalue weighted by Crippen LogP contribution is -2.13. The van der Waals surface area contributed by atoms with Gasteiger partial charge < -0.3 is 9.52 Å². The Bertz CT molecular complexity index is 299. The van der Waals surface area contributed by atoms with E-state index in [1.54, 1.807) is 12.1 Å². The monoisotopic (exact) mass is 182 g/mol. The first-order valence-corrected chi connectivity index (χ1v) is 3.87. The van der Waals surface area contributed by atoms with E-state index in [9.17, 15) is 9.59 Å². The molecule has 0 amide bonds. The predicted octanol–water partition coefficient (Wildman–Crippen LogP) is 1.43. The van der Waals surface area contributed by atoms with Crippen molar-refractivity contribution in [2.75, 3.05) is 0 Å². The molecule has 0 aliphatic heterocycles. The van der Waals surface area contributed by atoms with Crippen LogP contribution >= 0.6 is 0 Å². The van der Waals surface area contributed by atoms with Crippen LogP contribution in [0.2, 0.25) is 0 Å². The molecule has 0 saturated carbocycles. The van der Waals surface area contributed by atoms with Crippen molar-refractivity contribution >= 4 is 11.8 Å². The van der Waals surface area contributed by atoms with E-state index in [0.717, 1.165) is 0 Å². The Kier molecular flexibility index (Phi) is 2.84. The Morgan fingerprint density at radius 3 is 2.69 bits per heavy atom. The van der Waals surface area contributed by atoms with Crippen LogP contribution in [-0.4, -0.2) is 16.9 Å². The van der Waals surface area contributed by atoms with Crippen LogP contribution in [0, 0.1) is 0 Å². The zero-order chi connectivity index (χ0) is 9.84. The average Bonchev–Trinajstić information content (AvgIpc) is 2.50. The summed E-state index contributed by atoms with van der Waals surface area (Å²) in [5.74, 6) is -1.73. The molecule has 1 heterocycles. The van der Waals surface area contributed by atoms with Crippen LogP contribution in [-0.2, 0) is 9.59 Å². The topological polar surface area (TPSA) is 67.5 Å². The number of carboxylic acid groups (broad SMARTS) is 1. The summed E-state index contributed by atoms with van der Waals surface area (Å²) in [6.07, 6.45) is 1.37. The molecular weight excluding hydrogens is 172 g/mol. The Morgan fingerprint density at radius 2 is 2.31 bits per heavy atom. The molecule has 13 heavy (non-hydrogen) atoms. The third-order valence-electron chi connectivity index (χ3n) is 1.68. The van der Waals surface area contributed by atoms with Crippen molar-refractivity contribution in [1.29, 1.82) is 0 Å². The minimum absolute atomic E-state index is 0.0250. The molecular formula is C9H10O4. The zero-order valence-electron chi connectivity index (χ0n) is 7.19. The van der Waals surface area contributed by atoms with E-state index >= 15 is 0 Å². The van der Waals surface area contributed by atoms with Gasteiger partial charge in [-0.25, -0.2) is 0 Å². The number of hydrogen-bond acceptors (Lipinski definition) is 3. The lowest BCUT2D eigenvalue weighted by molar-refractivity contribution is -0.140. The fourth-order valence-electron chi connectivity index (χ4n) is 1.09. The van der Waals surface area contributed by atoms with Crippen molar-refractivity contribution in [2.45, 2.75) is 19.3 Å². The molecule has 1 unspecified atom stereocenters. The molecule has 0 aliphatic rings. The van der Waals surface area contributed by atoms with Gasteiger partial charge >= 0.3 is 5.97 Å². The van der Waals surface area contributed by atoms with Gasteiger partial charge in [0, 0.05) is 6.42 Å². The Labute approximate surface area is 75.2 Å². The van der Waals surface area contributed by atoms with Crippen LogP contribution in [0.3, 0.4) is 0 Å². The molecule has 0 radical (unpaired) electrons. The maximum Gasteiger partial charge on any atom is 0.314 e. The van der Waals surface area contributed by atoms with Crippen LogP contribution in [0.15, 0.2) is 22.8 Å². The van der Waals surface area contributed by atoms with E-state index in [4.69, 9.17) is 9.52 Å². The second-order valence-corrected chi connectivity index (χ2v) is 2.81. The number of carboxylic acids is 1. The normalized spacial score (nSPS) is 12.4. The smallest absolute Gasteiger partial charge is 0.314 e. The molecule has 0 saturated heterocycles. The van der Waals surface area contributed by atoms with Gasteiger partial charge in [0.2, 0.25) is 0 Å². The van der Waals surface area contributed by atoms with Gasteiger partial charge in [0.05, 0.1) is 6.26 Å². The molecule has 1 atom stereocenters. The van der Waals surface area contributed by atoms with E-state index in [-0.39, 0.29) is 12.2 Å². The van der Waals surface area contributed by atoms with Gasteiger partial charge in [0.25, 0.3) is 0 Å². The fourth-order valence-corrected chi connectivity index (χ4v) is 1.09. The maximum absolute atomic E-state index is 10.7. The van der Waals surface area contributed by atoms with Crippen LogP contribution in [0.4, 0.5) is 0 Å². The standard InChI is InChI=1S/C9H10O4/c1-6(10)5-7(9(11)12)8-3-2-4-13-8/h2-4,7H,5H2,1H3,(H,11,12). The number of carbonyl (C=O) groups excluding carboxylic acids is 1. The Morgan fingerprint density at radius 1 is 1.62 bits per heavy atom. The number of carbonyl (C=O) groups is 2. The van der Waals surface area contributed by atoms with Gasteiger partial charge in [0.15, 0.2) is 0 Å². The molecule has 0 spiro atoms. The largest absolute Gasteiger partial charge is 0.481 e. The van der Waals surface area contributed by atoms with Gasteiger partial charge in [-0.15, -0.1) is 0 Å². The summed E-state index contributed by atoms with van der Waals surface area (Å²) >= 11 is 0.